The van der Waals surface area contributed by atoms with E-state index in [0.717, 1.165) is 0 Å². The van der Waals surface area contributed by atoms with Crippen molar-refractivity contribution in [3.05, 3.63) is 0 Å². The lowest BCUT2D eigenvalue weighted by Crippen LogP contribution is -2.49. The molecule has 1 aliphatic carbocycles. The minimum atomic E-state index is -3.77. The smallest absolute Gasteiger partial charge is 0.163 e. The van der Waals surface area contributed by atoms with Gasteiger partial charge >= 0.3 is 0 Å². The van der Waals surface area contributed by atoms with E-state index < -0.39 is 31.3 Å². The van der Waals surface area contributed by atoms with Crippen molar-refractivity contribution in [2.45, 2.75) is 57.0 Å². The fraction of sp³-hybridized carbons (Fsp3) is 1.00. The number of rotatable bonds is 3. The highest BCUT2D eigenvalue weighted by Crippen LogP contribution is 2.58. The molecule has 0 aliphatic heterocycles. The van der Waals surface area contributed by atoms with Crippen molar-refractivity contribution in [3.8, 4) is 0 Å². The van der Waals surface area contributed by atoms with E-state index in [1.54, 1.807) is 0 Å². The van der Waals surface area contributed by atoms with Crippen LogP contribution in [0.15, 0.2) is 0 Å². The second-order valence-electron chi connectivity index (χ2n) is 5.87. The van der Waals surface area contributed by atoms with Crippen LogP contribution in [-0.2, 0) is 9.84 Å². The highest BCUT2D eigenvalue weighted by atomic mass is 32.2. The molecule has 0 saturated heterocycles. The van der Waals surface area contributed by atoms with Crippen LogP contribution in [0, 0.1) is 5.41 Å². The second kappa shape index (κ2) is 3.20. The topological polar surface area (TPSA) is 54.4 Å². The molecule has 0 spiro atoms. The SMILES string of the molecule is [2H]C([2H])(O)C(C)(C)S(=O)(=O)C1(C(C)(C)C)CC1. The molecule has 0 aromatic rings. The largest absolute Gasteiger partial charge is 0.395 e. The predicted molar refractivity (Wildman–Crippen MR) is 61.5 cm³/mol. The quantitative estimate of drug-likeness (QED) is 0.812. The van der Waals surface area contributed by atoms with Crippen LogP contribution in [0.5, 0.6) is 0 Å². The predicted octanol–water partition coefficient (Wildman–Crippen LogP) is 1.75. The van der Waals surface area contributed by atoms with Gasteiger partial charge in [-0.05, 0) is 32.1 Å². The monoisotopic (exact) mass is 236 g/mol. The van der Waals surface area contributed by atoms with Gasteiger partial charge in [0.2, 0.25) is 0 Å². The number of sulfone groups is 1. The van der Waals surface area contributed by atoms with E-state index in [1.165, 1.54) is 13.8 Å². The van der Waals surface area contributed by atoms with Gasteiger partial charge in [0.05, 0.1) is 18.8 Å². The molecule has 15 heavy (non-hydrogen) atoms. The van der Waals surface area contributed by atoms with Crippen LogP contribution >= 0.6 is 0 Å². The number of aliphatic hydroxyl groups is 1. The van der Waals surface area contributed by atoms with Gasteiger partial charge < -0.3 is 5.11 Å². The molecule has 0 heterocycles. The molecule has 0 atom stereocenters. The van der Waals surface area contributed by atoms with E-state index in [9.17, 15) is 13.5 Å². The molecule has 3 nitrogen and oxygen atoms in total. The summed E-state index contributed by atoms with van der Waals surface area (Å²) in [5.41, 5.74) is -0.450. The van der Waals surface area contributed by atoms with Crippen molar-refractivity contribution in [2.75, 3.05) is 6.56 Å². The Balaban J connectivity index is 3.33. The Morgan fingerprint density at radius 3 is 1.87 bits per heavy atom. The lowest BCUT2D eigenvalue weighted by atomic mass is 9.89. The van der Waals surface area contributed by atoms with Crippen LogP contribution < -0.4 is 0 Å². The van der Waals surface area contributed by atoms with Gasteiger partial charge in [-0.3, -0.25) is 0 Å². The molecule has 1 fully saturated rings. The minimum absolute atomic E-state index is 0.450. The van der Waals surface area contributed by atoms with Gasteiger partial charge in [-0.1, -0.05) is 20.8 Å². The summed E-state index contributed by atoms with van der Waals surface area (Å²) >= 11 is 0. The molecule has 0 radical (unpaired) electrons. The first-order valence-electron chi connectivity index (χ1n) is 6.17. The van der Waals surface area contributed by atoms with Crippen LogP contribution in [-0.4, -0.2) is 29.6 Å². The first-order chi connectivity index (χ1) is 7.21. The van der Waals surface area contributed by atoms with Gasteiger partial charge in [0.15, 0.2) is 9.84 Å². The Hall–Kier alpha value is -0.0900. The zero-order valence-corrected chi connectivity index (χ0v) is 10.9. The van der Waals surface area contributed by atoms with Crippen molar-refractivity contribution in [1.82, 2.24) is 0 Å². The summed E-state index contributed by atoms with van der Waals surface area (Å²) in [6.45, 7) is 5.32. The molecule has 1 rings (SSSR count). The number of hydrogen-bond acceptors (Lipinski definition) is 3. The van der Waals surface area contributed by atoms with Gasteiger partial charge in [-0.2, -0.15) is 0 Å². The van der Waals surface area contributed by atoms with E-state index in [1.807, 2.05) is 20.8 Å². The molecule has 1 N–H and O–H groups in total. The Morgan fingerprint density at radius 1 is 1.27 bits per heavy atom. The molecule has 4 heteroatoms. The fourth-order valence-electron chi connectivity index (χ4n) is 2.08. The first kappa shape index (κ1) is 10.1. The molecule has 0 aromatic heterocycles. The molecule has 0 amide bonds. The molecule has 1 aliphatic rings. The summed E-state index contributed by atoms with van der Waals surface area (Å²) in [5.74, 6) is 0. The summed E-state index contributed by atoms with van der Waals surface area (Å²) in [6.07, 6.45) is 1.08. The molecular formula is C11H22O3S. The highest BCUT2D eigenvalue weighted by Gasteiger charge is 2.65. The summed E-state index contributed by atoms with van der Waals surface area (Å²) in [6, 6.07) is 0. The summed E-state index contributed by atoms with van der Waals surface area (Å²) < 4.78 is 37.2. The van der Waals surface area contributed by atoms with E-state index in [4.69, 9.17) is 2.74 Å². The Morgan fingerprint density at radius 2 is 1.67 bits per heavy atom. The second-order valence-corrected chi connectivity index (χ2v) is 8.68. The van der Waals surface area contributed by atoms with Crippen LogP contribution in [0.3, 0.4) is 0 Å². The van der Waals surface area contributed by atoms with Gasteiger partial charge in [0.25, 0.3) is 0 Å². The normalized spacial score (nSPS) is 24.4. The lowest BCUT2D eigenvalue weighted by molar-refractivity contribution is 0.252. The fourth-order valence-corrected chi connectivity index (χ4v) is 4.63. The average molecular weight is 236 g/mol. The molecule has 1 saturated carbocycles. The van der Waals surface area contributed by atoms with Crippen molar-refractivity contribution >= 4 is 9.84 Å². The zero-order chi connectivity index (χ0) is 13.9. The van der Waals surface area contributed by atoms with Crippen molar-refractivity contribution in [1.29, 1.82) is 0 Å². The van der Waals surface area contributed by atoms with Gasteiger partial charge in [-0.15, -0.1) is 0 Å². The maximum atomic E-state index is 12.6. The van der Waals surface area contributed by atoms with Crippen molar-refractivity contribution in [2.24, 2.45) is 5.41 Å². The van der Waals surface area contributed by atoms with Gasteiger partial charge in [-0.25, -0.2) is 8.42 Å². The molecule has 0 aromatic carbocycles. The first-order valence-corrected chi connectivity index (χ1v) is 6.66. The Kier molecular flexibility index (Phi) is 2.15. The van der Waals surface area contributed by atoms with Gasteiger partial charge in [0, 0.05) is 0 Å². The van der Waals surface area contributed by atoms with E-state index >= 15 is 0 Å². The third-order valence-electron chi connectivity index (χ3n) is 3.53. The summed E-state index contributed by atoms with van der Waals surface area (Å²) in [7, 11) is -3.77. The summed E-state index contributed by atoms with van der Waals surface area (Å²) in [5, 5.41) is 9.49. The zero-order valence-electron chi connectivity index (χ0n) is 12.1. The maximum absolute atomic E-state index is 12.6. The lowest BCUT2D eigenvalue weighted by Gasteiger charge is -2.36. The van der Waals surface area contributed by atoms with E-state index in [0.29, 0.717) is 12.8 Å². The maximum Gasteiger partial charge on any atom is 0.163 e. The van der Waals surface area contributed by atoms with Crippen LogP contribution in [0.4, 0.5) is 0 Å². The average Bonchev–Trinajstić information content (AvgIpc) is 2.78. The van der Waals surface area contributed by atoms with Crippen molar-refractivity contribution in [3.63, 3.8) is 0 Å². The number of hydrogen-bond donors (Lipinski definition) is 1. The van der Waals surface area contributed by atoms with Gasteiger partial charge in [0.1, 0.15) is 0 Å². The molecule has 0 bridgehead atoms. The minimum Gasteiger partial charge on any atom is -0.395 e. The van der Waals surface area contributed by atoms with Crippen LogP contribution in [0.2, 0.25) is 0 Å². The Labute approximate surface area is 95.6 Å². The highest BCUT2D eigenvalue weighted by molar-refractivity contribution is 7.94. The summed E-state index contributed by atoms with van der Waals surface area (Å²) in [4.78, 5) is 0. The van der Waals surface area contributed by atoms with Crippen LogP contribution in [0.25, 0.3) is 0 Å². The Bertz CT molecular complexity index is 387. The third-order valence-corrected chi connectivity index (χ3v) is 7.01. The van der Waals surface area contributed by atoms with Crippen LogP contribution in [0.1, 0.15) is 50.2 Å². The van der Waals surface area contributed by atoms with E-state index in [-0.39, 0.29) is 0 Å². The molecule has 0 unspecified atom stereocenters. The standard InChI is InChI=1S/C11H22O3S/c1-9(2,3)11(6-7-11)15(13,14)10(4,5)8-12/h12H,6-8H2,1-5H3/i8D2. The molecular weight excluding hydrogens is 212 g/mol. The molecule has 90 valence electrons. The van der Waals surface area contributed by atoms with Crippen molar-refractivity contribution < 1.29 is 16.3 Å². The van der Waals surface area contributed by atoms with E-state index in [2.05, 4.69) is 0 Å². The third kappa shape index (κ3) is 1.62.